The third-order valence-corrected chi connectivity index (χ3v) is 2.66. The van der Waals surface area contributed by atoms with Crippen LogP contribution in [0.2, 0.25) is 0 Å². The highest BCUT2D eigenvalue weighted by Gasteiger charge is 1.99. The quantitative estimate of drug-likeness (QED) is 0.752. The van der Waals surface area contributed by atoms with E-state index in [0.29, 0.717) is 0 Å². The maximum Gasteiger partial charge on any atom is 0.0656 e. The van der Waals surface area contributed by atoms with Crippen molar-refractivity contribution in [1.82, 2.24) is 4.57 Å². The second-order valence-corrected chi connectivity index (χ2v) is 3.89. The number of anilines is 1. The van der Waals surface area contributed by atoms with Crippen LogP contribution in [-0.4, -0.2) is 11.1 Å². The molecule has 2 heteroatoms. The molecular formula is C13H17N2. The van der Waals surface area contributed by atoms with Gasteiger partial charge in [-0.05, 0) is 30.7 Å². The zero-order valence-electron chi connectivity index (χ0n) is 9.38. The van der Waals surface area contributed by atoms with Crippen molar-refractivity contribution in [2.75, 3.05) is 11.9 Å². The number of unbranched alkanes of at least 4 members (excludes halogenated alkanes) is 1. The van der Waals surface area contributed by atoms with Gasteiger partial charge in [0.1, 0.15) is 0 Å². The number of hydrogen-bond acceptors (Lipinski definition) is 1. The van der Waals surface area contributed by atoms with Gasteiger partial charge in [0.2, 0.25) is 0 Å². The zero-order valence-corrected chi connectivity index (χ0v) is 9.38. The molecule has 1 aromatic carbocycles. The van der Waals surface area contributed by atoms with Crippen molar-refractivity contribution in [2.24, 2.45) is 7.05 Å². The monoisotopic (exact) mass is 201 g/mol. The molecular weight excluding hydrogens is 184 g/mol. The standard InChI is InChI=1S/C13H17N2/c1-3-4-8-14-12-5-6-13-11(10-12)7-9-15(13)2/h5-7,10,14H,3-4,8H2,1-2H3. The predicted molar refractivity (Wildman–Crippen MR) is 65.2 cm³/mol. The lowest BCUT2D eigenvalue weighted by atomic mass is 10.2. The predicted octanol–water partition coefficient (Wildman–Crippen LogP) is 3.19. The van der Waals surface area contributed by atoms with E-state index in [1.54, 1.807) is 0 Å². The zero-order chi connectivity index (χ0) is 10.7. The highest BCUT2D eigenvalue weighted by Crippen LogP contribution is 2.19. The molecule has 1 radical (unpaired) electrons. The van der Waals surface area contributed by atoms with E-state index in [2.05, 4.69) is 36.6 Å². The minimum atomic E-state index is 1.05. The van der Waals surface area contributed by atoms with E-state index in [1.807, 2.05) is 17.7 Å². The van der Waals surface area contributed by atoms with Gasteiger partial charge < -0.3 is 9.88 Å². The van der Waals surface area contributed by atoms with Gasteiger partial charge in [0, 0.05) is 30.2 Å². The summed E-state index contributed by atoms with van der Waals surface area (Å²) in [5, 5.41) is 4.67. The van der Waals surface area contributed by atoms with Crippen LogP contribution in [0.15, 0.2) is 24.3 Å². The van der Waals surface area contributed by atoms with E-state index >= 15 is 0 Å². The van der Waals surface area contributed by atoms with Gasteiger partial charge in [-0.3, -0.25) is 0 Å². The molecule has 0 bridgehead atoms. The third kappa shape index (κ3) is 2.14. The van der Waals surface area contributed by atoms with Crippen LogP contribution in [-0.2, 0) is 7.05 Å². The maximum absolute atomic E-state index is 3.42. The minimum Gasteiger partial charge on any atom is -0.385 e. The lowest BCUT2D eigenvalue weighted by molar-refractivity contribution is 0.834. The van der Waals surface area contributed by atoms with Crippen molar-refractivity contribution in [2.45, 2.75) is 19.8 Å². The first-order valence-corrected chi connectivity index (χ1v) is 5.52. The number of rotatable bonds is 4. The Labute approximate surface area is 90.9 Å². The Balaban J connectivity index is 2.16. The third-order valence-electron chi connectivity index (χ3n) is 2.66. The van der Waals surface area contributed by atoms with Crippen LogP contribution in [0.25, 0.3) is 10.9 Å². The van der Waals surface area contributed by atoms with Crippen LogP contribution < -0.4 is 5.32 Å². The topological polar surface area (TPSA) is 17.0 Å². The van der Waals surface area contributed by atoms with Crippen molar-refractivity contribution in [3.63, 3.8) is 0 Å². The average Bonchev–Trinajstić information content (AvgIpc) is 2.61. The molecule has 79 valence electrons. The minimum absolute atomic E-state index is 1.05. The Kier molecular flexibility index (Phi) is 2.95. The number of aryl methyl sites for hydroxylation is 1. The summed E-state index contributed by atoms with van der Waals surface area (Å²) in [7, 11) is 2.02. The van der Waals surface area contributed by atoms with Gasteiger partial charge in [-0.2, -0.15) is 0 Å². The molecule has 0 saturated heterocycles. The summed E-state index contributed by atoms with van der Waals surface area (Å²) in [5.74, 6) is 0. The largest absolute Gasteiger partial charge is 0.385 e. The molecule has 0 unspecified atom stereocenters. The lowest BCUT2D eigenvalue weighted by Crippen LogP contribution is -2.00. The van der Waals surface area contributed by atoms with Gasteiger partial charge in [-0.25, -0.2) is 0 Å². The highest BCUT2D eigenvalue weighted by molar-refractivity contribution is 5.83. The van der Waals surface area contributed by atoms with Crippen LogP contribution in [0.1, 0.15) is 19.8 Å². The van der Waals surface area contributed by atoms with Crippen LogP contribution in [0.5, 0.6) is 0 Å². The number of hydrogen-bond donors (Lipinski definition) is 1. The summed E-state index contributed by atoms with van der Waals surface area (Å²) in [6, 6.07) is 8.48. The van der Waals surface area contributed by atoms with E-state index in [9.17, 15) is 0 Å². The van der Waals surface area contributed by atoms with Crippen LogP contribution in [0.4, 0.5) is 5.69 Å². The second-order valence-electron chi connectivity index (χ2n) is 3.89. The van der Waals surface area contributed by atoms with Gasteiger partial charge >= 0.3 is 0 Å². The molecule has 2 rings (SSSR count). The average molecular weight is 201 g/mol. The van der Waals surface area contributed by atoms with Crippen molar-refractivity contribution >= 4 is 16.6 Å². The number of nitrogens with zero attached hydrogens (tertiary/aromatic N) is 1. The first kappa shape index (κ1) is 10.1. The Morgan fingerprint density at radius 2 is 2.27 bits per heavy atom. The van der Waals surface area contributed by atoms with Gasteiger partial charge in [0.15, 0.2) is 0 Å². The smallest absolute Gasteiger partial charge is 0.0656 e. The fraction of sp³-hybridized carbons (Fsp3) is 0.385. The first-order chi connectivity index (χ1) is 7.31. The fourth-order valence-corrected chi connectivity index (χ4v) is 1.73. The van der Waals surface area contributed by atoms with Gasteiger partial charge in [-0.1, -0.05) is 13.3 Å². The molecule has 0 aliphatic carbocycles. The van der Waals surface area contributed by atoms with E-state index < -0.39 is 0 Å². The number of benzene rings is 1. The Hall–Kier alpha value is -1.44. The molecule has 0 aliphatic rings. The molecule has 0 amide bonds. The number of fused-ring (bicyclic) bond motifs is 1. The number of nitrogens with one attached hydrogen (secondary N) is 1. The normalized spacial score (nSPS) is 10.8. The van der Waals surface area contributed by atoms with Crippen LogP contribution >= 0.6 is 0 Å². The summed E-state index contributed by atoms with van der Waals surface area (Å²) in [4.78, 5) is 0. The van der Waals surface area contributed by atoms with Crippen molar-refractivity contribution in [3.8, 4) is 0 Å². The van der Waals surface area contributed by atoms with Crippen molar-refractivity contribution < 1.29 is 0 Å². The summed E-state index contributed by atoms with van der Waals surface area (Å²) in [6.07, 6.45) is 5.61. The van der Waals surface area contributed by atoms with E-state index in [0.717, 1.165) is 6.54 Å². The van der Waals surface area contributed by atoms with Gasteiger partial charge in [-0.15, -0.1) is 0 Å². The van der Waals surface area contributed by atoms with E-state index in [1.165, 1.54) is 29.4 Å². The van der Waals surface area contributed by atoms with Crippen LogP contribution in [0, 0.1) is 6.20 Å². The van der Waals surface area contributed by atoms with Gasteiger partial charge in [0.25, 0.3) is 0 Å². The molecule has 0 aliphatic heterocycles. The summed E-state index contributed by atoms with van der Waals surface area (Å²) < 4.78 is 2.02. The highest BCUT2D eigenvalue weighted by atomic mass is 14.9. The molecule has 1 aromatic heterocycles. The first-order valence-electron chi connectivity index (χ1n) is 5.52. The molecule has 15 heavy (non-hydrogen) atoms. The van der Waals surface area contributed by atoms with Crippen LogP contribution in [0.3, 0.4) is 0 Å². The number of aromatic nitrogens is 1. The second kappa shape index (κ2) is 4.39. The molecule has 0 saturated carbocycles. The van der Waals surface area contributed by atoms with Crippen molar-refractivity contribution in [1.29, 1.82) is 0 Å². The molecule has 0 atom stereocenters. The molecule has 0 fully saturated rings. The molecule has 0 spiro atoms. The molecule has 2 aromatic rings. The summed E-state index contributed by atoms with van der Waals surface area (Å²) >= 11 is 0. The summed E-state index contributed by atoms with van der Waals surface area (Å²) in [5.41, 5.74) is 2.44. The molecule has 1 heterocycles. The lowest BCUT2D eigenvalue weighted by Gasteiger charge is -2.05. The summed E-state index contributed by atoms with van der Waals surface area (Å²) in [6.45, 7) is 3.26. The van der Waals surface area contributed by atoms with Gasteiger partial charge in [0.05, 0.1) is 6.20 Å². The molecule has 2 nitrogen and oxygen atoms in total. The molecule has 1 N–H and O–H groups in total. The Morgan fingerprint density at radius 3 is 3.07 bits per heavy atom. The van der Waals surface area contributed by atoms with Crippen molar-refractivity contribution in [3.05, 3.63) is 30.5 Å². The van der Waals surface area contributed by atoms with E-state index in [4.69, 9.17) is 0 Å². The SMILES string of the molecule is CCCCNc1ccc2c(c[c]n2C)c1. The Bertz CT molecular complexity index is 443. The Morgan fingerprint density at radius 1 is 1.40 bits per heavy atom. The maximum atomic E-state index is 3.42. The fourth-order valence-electron chi connectivity index (χ4n) is 1.73. The van der Waals surface area contributed by atoms with E-state index in [-0.39, 0.29) is 0 Å².